The molecule has 0 aliphatic heterocycles. The van der Waals surface area contributed by atoms with Crippen LogP contribution >= 0.6 is 0 Å². The molecule has 0 amide bonds. The van der Waals surface area contributed by atoms with Crippen LogP contribution in [0.2, 0.25) is 0 Å². The van der Waals surface area contributed by atoms with Crippen LogP contribution in [0, 0.1) is 40.4 Å². The maximum absolute atomic E-state index is 14.4. The van der Waals surface area contributed by atoms with E-state index in [9.17, 15) is 14.0 Å². The van der Waals surface area contributed by atoms with Gasteiger partial charge >= 0.3 is 0 Å². The number of rotatable bonds is 1. The van der Waals surface area contributed by atoms with Crippen LogP contribution in [-0.2, 0) is 14.3 Å². The number of halogens is 1. The Bertz CT molecular complexity index is 782. The summed E-state index contributed by atoms with van der Waals surface area (Å²) in [7, 11) is 1.59. The first-order valence-electron chi connectivity index (χ1n) is 9.94. The zero-order valence-corrected chi connectivity index (χ0v) is 15.8. The van der Waals surface area contributed by atoms with Crippen LogP contribution in [0.15, 0.2) is 23.5 Å². The number of methoxy groups -OCH3 is 1. The molecule has 5 aliphatic rings. The van der Waals surface area contributed by atoms with E-state index in [2.05, 4.69) is 13.5 Å². The van der Waals surface area contributed by atoms with Gasteiger partial charge in [-0.05, 0) is 61.3 Å². The molecule has 1 unspecified atom stereocenters. The Labute approximate surface area is 154 Å². The van der Waals surface area contributed by atoms with Crippen molar-refractivity contribution < 1.29 is 18.7 Å². The Morgan fingerprint density at radius 2 is 1.88 bits per heavy atom. The van der Waals surface area contributed by atoms with Crippen molar-refractivity contribution in [1.29, 1.82) is 0 Å². The highest BCUT2D eigenvalue weighted by Gasteiger charge is 2.69. The molecule has 26 heavy (non-hydrogen) atoms. The average molecular weight is 358 g/mol. The van der Waals surface area contributed by atoms with Crippen molar-refractivity contribution in [2.45, 2.75) is 52.1 Å². The number of alkyl halides is 1. The molecule has 0 aromatic rings. The van der Waals surface area contributed by atoms with Crippen LogP contribution in [0.5, 0.6) is 0 Å². The summed E-state index contributed by atoms with van der Waals surface area (Å²) in [5, 5.41) is 0. The first-order chi connectivity index (χ1) is 12.2. The fraction of sp³-hybridized carbons (Fsp3) is 0.727. The molecule has 5 rings (SSSR count). The Kier molecular flexibility index (Phi) is 3.13. The summed E-state index contributed by atoms with van der Waals surface area (Å²) in [4.78, 5) is 25.2. The fourth-order valence-electron chi connectivity index (χ4n) is 7.53. The zero-order chi connectivity index (χ0) is 18.6. The SMILES string of the molecule is C=C1C[C@H]2[C@@H]3C[C@@H](F)C(=O)[C@@]3(C)CC[C@@H]2[C@]2(C)C1=C(OC)C(=O)[C@H]1CC12. The van der Waals surface area contributed by atoms with E-state index in [0.717, 1.165) is 36.8 Å². The van der Waals surface area contributed by atoms with Gasteiger partial charge in [0, 0.05) is 22.3 Å². The number of ether oxygens (including phenoxy) is 1. The molecule has 4 fully saturated rings. The molecule has 0 saturated heterocycles. The van der Waals surface area contributed by atoms with Crippen LogP contribution in [-0.4, -0.2) is 24.8 Å². The maximum atomic E-state index is 14.4. The molecular weight excluding hydrogens is 331 g/mol. The van der Waals surface area contributed by atoms with Gasteiger partial charge in [0.25, 0.3) is 0 Å². The number of carbonyl (C=O) groups is 2. The Morgan fingerprint density at radius 1 is 1.15 bits per heavy atom. The summed E-state index contributed by atoms with van der Waals surface area (Å²) >= 11 is 0. The third-order valence-corrected chi connectivity index (χ3v) is 8.83. The fourth-order valence-corrected chi connectivity index (χ4v) is 7.53. The topological polar surface area (TPSA) is 43.4 Å². The van der Waals surface area contributed by atoms with E-state index >= 15 is 0 Å². The third kappa shape index (κ3) is 1.70. The van der Waals surface area contributed by atoms with Gasteiger partial charge in [-0.2, -0.15) is 0 Å². The molecular formula is C22H27FO3. The standard InChI is InChI=1S/C22H27FO3/c1-10-7-11-13(5-6-21(2)14(11)9-16(23)20(21)25)22(3)15-8-12(15)18(24)19(26-4)17(10)22/h11-16H,1,5-9H2,2-4H3/t11-,12+,13+,14+,15?,16-,21+,22+/m1/s1. The van der Waals surface area contributed by atoms with E-state index in [4.69, 9.17) is 4.74 Å². The lowest BCUT2D eigenvalue weighted by atomic mass is 9.46. The van der Waals surface area contributed by atoms with Crippen LogP contribution < -0.4 is 0 Å². The maximum Gasteiger partial charge on any atom is 0.201 e. The average Bonchev–Trinajstić information content (AvgIpc) is 3.37. The highest BCUT2D eigenvalue weighted by atomic mass is 19.1. The van der Waals surface area contributed by atoms with Crippen molar-refractivity contribution in [3.05, 3.63) is 23.5 Å². The van der Waals surface area contributed by atoms with E-state index in [1.54, 1.807) is 7.11 Å². The van der Waals surface area contributed by atoms with E-state index < -0.39 is 11.6 Å². The van der Waals surface area contributed by atoms with E-state index in [0.29, 0.717) is 24.0 Å². The number of hydrogen-bond acceptors (Lipinski definition) is 3. The minimum atomic E-state index is -1.31. The van der Waals surface area contributed by atoms with Gasteiger partial charge in [0.15, 0.2) is 17.7 Å². The highest BCUT2D eigenvalue weighted by molar-refractivity contribution is 6.00. The molecule has 4 saturated carbocycles. The second kappa shape index (κ2) is 4.88. The summed E-state index contributed by atoms with van der Waals surface area (Å²) in [6.45, 7) is 8.59. The molecule has 140 valence electrons. The lowest BCUT2D eigenvalue weighted by Gasteiger charge is -2.57. The number of ketones is 2. The third-order valence-electron chi connectivity index (χ3n) is 8.83. The Morgan fingerprint density at radius 3 is 2.58 bits per heavy atom. The van der Waals surface area contributed by atoms with Gasteiger partial charge in [-0.1, -0.05) is 20.4 Å². The second-order valence-electron chi connectivity index (χ2n) is 9.71. The van der Waals surface area contributed by atoms with Crippen LogP contribution in [0.3, 0.4) is 0 Å². The number of allylic oxidation sites excluding steroid dienone is 2. The van der Waals surface area contributed by atoms with Crippen LogP contribution in [0.1, 0.15) is 46.0 Å². The molecule has 3 nitrogen and oxygen atoms in total. The van der Waals surface area contributed by atoms with Crippen molar-refractivity contribution >= 4 is 11.6 Å². The number of Topliss-reactive ketones (excluding diaryl/α,β-unsaturated/α-hetero) is 2. The normalized spacial score (nSPS) is 52.2. The van der Waals surface area contributed by atoms with Crippen LogP contribution in [0.4, 0.5) is 4.39 Å². The van der Waals surface area contributed by atoms with Gasteiger partial charge in [0.05, 0.1) is 7.11 Å². The van der Waals surface area contributed by atoms with E-state index in [-0.39, 0.29) is 34.7 Å². The Hall–Kier alpha value is -1.45. The number of hydrogen-bond donors (Lipinski definition) is 0. The van der Waals surface area contributed by atoms with Crippen molar-refractivity contribution in [3.8, 4) is 0 Å². The highest BCUT2D eigenvalue weighted by Crippen LogP contribution is 2.72. The summed E-state index contributed by atoms with van der Waals surface area (Å²) < 4.78 is 19.9. The predicted molar refractivity (Wildman–Crippen MR) is 94.8 cm³/mol. The molecule has 5 aliphatic carbocycles. The molecule has 0 aromatic heterocycles. The minimum absolute atomic E-state index is 0.0812. The van der Waals surface area contributed by atoms with E-state index in [1.807, 2.05) is 6.92 Å². The molecule has 0 heterocycles. The summed E-state index contributed by atoms with van der Waals surface area (Å²) in [5.41, 5.74) is 1.37. The molecule has 0 bridgehead atoms. The Balaban J connectivity index is 1.63. The molecule has 0 aromatic carbocycles. The first-order valence-corrected chi connectivity index (χ1v) is 9.94. The van der Waals surface area contributed by atoms with Crippen molar-refractivity contribution in [1.82, 2.24) is 0 Å². The van der Waals surface area contributed by atoms with Gasteiger partial charge in [-0.3, -0.25) is 9.59 Å². The van der Waals surface area contributed by atoms with Gasteiger partial charge in [0.1, 0.15) is 0 Å². The minimum Gasteiger partial charge on any atom is -0.493 e. The van der Waals surface area contributed by atoms with Crippen molar-refractivity contribution in [2.75, 3.05) is 7.11 Å². The lowest BCUT2D eigenvalue weighted by molar-refractivity contribution is -0.135. The van der Waals surface area contributed by atoms with Gasteiger partial charge in [-0.15, -0.1) is 0 Å². The summed E-state index contributed by atoms with van der Waals surface area (Å²) in [6, 6.07) is 0. The zero-order valence-electron chi connectivity index (χ0n) is 15.8. The monoisotopic (exact) mass is 358 g/mol. The van der Waals surface area contributed by atoms with Crippen molar-refractivity contribution in [3.63, 3.8) is 0 Å². The number of carbonyl (C=O) groups excluding carboxylic acids is 2. The van der Waals surface area contributed by atoms with Gasteiger partial charge < -0.3 is 4.74 Å². The summed E-state index contributed by atoms with van der Waals surface area (Å²) in [6.07, 6.45) is 2.43. The molecule has 8 atom stereocenters. The molecule has 0 spiro atoms. The molecule has 0 radical (unpaired) electrons. The summed E-state index contributed by atoms with van der Waals surface area (Å²) in [5.74, 6) is 1.69. The van der Waals surface area contributed by atoms with Gasteiger partial charge in [-0.25, -0.2) is 4.39 Å². The van der Waals surface area contributed by atoms with Gasteiger partial charge in [0.2, 0.25) is 5.78 Å². The quantitative estimate of drug-likeness (QED) is 0.711. The second-order valence-corrected chi connectivity index (χ2v) is 9.71. The number of fused-ring (bicyclic) bond motifs is 7. The smallest absolute Gasteiger partial charge is 0.201 e. The molecule has 0 N–H and O–H groups in total. The largest absolute Gasteiger partial charge is 0.493 e. The molecule has 4 heteroatoms. The predicted octanol–water partition coefficient (Wildman–Crippen LogP) is 4.03. The lowest BCUT2D eigenvalue weighted by Crippen LogP contribution is -2.52. The van der Waals surface area contributed by atoms with E-state index in [1.165, 1.54) is 0 Å². The first kappa shape index (κ1) is 16.7. The van der Waals surface area contributed by atoms with Crippen molar-refractivity contribution in [2.24, 2.45) is 40.4 Å². The van der Waals surface area contributed by atoms with Crippen LogP contribution in [0.25, 0.3) is 0 Å².